The van der Waals surface area contributed by atoms with Crippen molar-refractivity contribution in [3.63, 3.8) is 0 Å². The van der Waals surface area contributed by atoms with Crippen molar-refractivity contribution in [3.8, 4) is 5.13 Å². The number of carbonyl (C=O) groups is 1. The normalized spacial score (nSPS) is 10.6. The van der Waals surface area contributed by atoms with Gasteiger partial charge in [-0.15, -0.1) is 11.3 Å². The highest BCUT2D eigenvalue weighted by Crippen LogP contribution is 2.14. The highest BCUT2D eigenvalue weighted by Gasteiger charge is 2.07. The molecule has 0 fully saturated rings. The fraction of sp³-hybridized carbons (Fsp3) is 0.133. The van der Waals surface area contributed by atoms with Gasteiger partial charge in [-0.05, 0) is 24.3 Å². The van der Waals surface area contributed by atoms with E-state index < -0.39 is 5.82 Å². The summed E-state index contributed by atoms with van der Waals surface area (Å²) in [7, 11) is 0. The minimum atomic E-state index is -0.420. The van der Waals surface area contributed by atoms with Gasteiger partial charge in [-0.25, -0.2) is 14.1 Å². The lowest BCUT2D eigenvalue weighted by Gasteiger charge is -2.04. The minimum absolute atomic E-state index is 0.290. The number of halogens is 1. The van der Waals surface area contributed by atoms with Crippen molar-refractivity contribution in [2.45, 2.75) is 6.42 Å². The first kappa shape index (κ1) is 14.4. The van der Waals surface area contributed by atoms with E-state index in [2.05, 4.69) is 15.4 Å². The lowest BCUT2D eigenvalue weighted by Crippen LogP contribution is -2.25. The molecule has 7 heteroatoms. The van der Waals surface area contributed by atoms with Crippen molar-refractivity contribution in [3.05, 3.63) is 65.2 Å². The van der Waals surface area contributed by atoms with E-state index in [1.54, 1.807) is 16.9 Å². The van der Waals surface area contributed by atoms with Crippen LogP contribution in [0.5, 0.6) is 0 Å². The summed E-state index contributed by atoms with van der Waals surface area (Å²) in [6.07, 6.45) is 4.13. The largest absolute Gasteiger partial charge is 0.352 e. The van der Waals surface area contributed by atoms with Crippen LogP contribution in [0.4, 0.5) is 4.39 Å². The number of benzene rings is 1. The summed E-state index contributed by atoms with van der Waals surface area (Å²) in [5.41, 5.74) is 1.20. The Morgan fingerprint density at radius 2 is 2.27 bits per heavy atom. The number of rotatable bonds is 5. The van der Waals surface area contributed by atoms with Crippen molar-refractivity contribution < 1.29 is 9.18 Å². The summed E-state index contributed by atoms with van der Waals surface area (Å²) in [6.45, 7) is 0.442. The van der Waals surface area contributed by atoms with E-state index in [1.165, 1.54) is 29.5 Å². The number of carbonyl (C=O) groups excluding carboxylic acids is 1. The second kappa shape index (κ2) is 6.48. The lowest BCUT2D eigenvalue weighted by molar-refractivity contribution is 0.0953. The second-order valence-electron chi connectivity index (χ2n) is 4.59. The molecule has 0 atom stereocenters. The molecule has 0 saturated heterocycles. The van der Waals surface area contributed by atoms with E-state index in [9.17, 15) is 9.18 Å². The van der Waals surface area contributed by atoms with E-state index in [4.69, 9.17) is 0 Å². The third-order valence-electron chi connectivity index (χ3n) is 2.99. The van der Waals surface area contributed by atoms with Crippen LogP contribution in [0.25, 0.3) is 5.13 Å². The molecule has 0 spiro atoms. The molecule has 0 radical (unpaired) electrons. The van der Waals surface area contributed by atoms with Gasteiger partial charge in [0.2, 0.25) is 5.13 Å². The molecule has 1 N–H and O–H groups in total. The molecule has 1 aromatic carbocycles. The smallest absolute Gasteiger partial charge is 0.251 e. The maximum absolute atomic E-state index is 13.1. The van der Waals surface area contributed by atoms with Crippen molar-refractivity contribution in [2.75, 3.05) is 6.54 Å². The topological polar surface area (TPSA) is 59.8 Å². The number of nitrogens with zero attached hydrogens (tertiary/aromatic N) is 3. The number of thiazole rings is 1. The molecule has 0 aliphatic carbocycles. The quantitative estimate of drug-likeness (QED) is 0.786. The van der Waals surface area contributed by atoms with Crippen LogP contribution in [0.1, 0.15) is 16.1 Å². The first-order valence-corrected chi connectivity index (χ1v) is 7.58. The molecule has 0 aliphatic rings. The molecule has 112 valence electrons. The predicted octanol–water partition coefficient (Wildman–Crippen LogP) is 2.44. The van der Waals surface area contributed by atoms with Gasteiger partial charge in [-0.2, -0.15) is 5.10 Å². The minimum Gasteiger partial charge on any atom is -0.352 e. The Morgan fingerprint density at radius 1 is 1.36 bits per heavy atom. The molecule has 2 aromatic heterocycles. The monoisotopic (exact) mass is 316 g/mol. The van der Waals surface area contributed by atoms with Gasteiger partial charge in [-0.1, -0.05) is 6.07 Å². The number of aromatic nitrogens is 3. The number of nitrogens with one attached hydrogen (secondary N) is 1. The highest BCUT2D eigenvalue weighted by atomic mass is 32.1. The molecule has 5 nitrogen and oxygen atoms in total. The maximum Gasteiger partial charge on any atom is 0.251 e. The van der Waals surface area contributed by atoms with Gasteiger partial charge in [-0.3, -0.25) is 4.79 Å². The van der Waals surface area contributed by atoms with E-state index in [0.717, 1.165) is 10.8 Å². The van der Waals surface area contributed by atoms with Gasteiger partial charge in [0.15, 0.2) is 0 Å². The Kier molecular flexibility index (Phi) is 4.24. The molecule has 0 unspecified atom stereocenters. The summed E-state index contributed by atoms with van der Waals surface area (Å²) in [4.78, 5) is 16.3. The van der Waals surface area contributed by atoms with Gasteiger partial charge in [0, 0.05) is 36.3 Å². The first-order valence-electron chi connectivity index (χ1n) is 6.70. The Labute approximate surface area is 130 Å². The van der Waals surface area contributed by atoms with Crippen molar-refractivity contribution in [2.24, 2.45) is 0 Å². The van der Waals surface area contributed by atoms with E-state index >= 15 is 0 Å². The van der Waals surface area contributed by atoms with Gasteiger partial charge in [0.1, 0.15) is 5.82 Å². The zero-order valence-electron chi connectivity index (χ0n) is 11.6. The third kappa shape index (κ3) is 3.37. The van der Waals surface area contributed by atoms with Crippen LogP contribution < -0.4 is 5.32 Å². The average Bonchev–Trinajstić information content (AvgIpc) is 3.18. The van der Waals surface area contributed by atoms with Crippen molar-refractivity contribution in [1.29, 1.82) is 0 Å². The fourth-order valence-electron chi connectivity index (χ4n) is 1.93. The van der Waals surface area contributed by atoms with Crippen LogP contribution >= 0.6 is 11.3 Å². The first-order chi connectivity index (χ1) is 10.7. The van der Waals surface area contributed by atoms with Crippen LogP contribution in [-0.2, 0) is 6.42 Å². The average molecular weight is 316 g/mol. The summed E-state index contributed by atoms with van der Waals surface area (Å²) >= 11 is 1.49. The Bertz CT molecular complexity index is 769. The van der Waals surface area contributed by atoms with Crippen molar-refractivity contribution in [1.82, 2.24) is 20.1 Å². The van der Waals surface area contributed by atoms with Gasteiger partial charge in [0.25, 0.3) is 5.91 Å². The van der Waals surface area contributed by atoms with Crippen LogP contribution in [0.15, 0.2) is 48.1 Å². The van der Waals surface area contributed by atoms with Crippen LogP contribution in [0.2, 0.25) is 0 Å². The predicted molar refractivity (Wildman–Crippen MR) is 81.7 cm³/mol. The molecule has 0 bridgehead atoms. The fourth-order valence-corrected chi connectivity index (χ4v) is 2.73. The van der Waals surface area contributed by atoms with Crippen LogP contribution in [0, 0.1) is 5.82 Å². The molecule has 22 heavy (non-hydrogen) atoms. The zero-order chi connectivity index (χ0) is 15.4. The molecule has 2 heterocycles. The van der Waals surface area contributed by atoms with Crippen LogP contribution in [0.3, 0.4) is 0 Å². The number of hydrogen-bond acceptors (Lipinski definition) is 4. The summed E-state index contributed by atoms with van der Waals surface area (Å²) in [6, 6.07) is 7.45. The maximum atomic E-state index is 13.1. The molecule has 3 rings (SSSR count). The Morgan fingerprint density at radius 3 is 3.05 bits per heavy atom. The van der Waals surface area contributed by atoms with E-state index in [-0.39, 0.29) is 5.91 Å². The molecule has 3 aromatic rings. The standard InChI is InChI=1S/C15H13FN4OS/c16-12-4-1-3-11(9-12)14(21)17-7-5-13-10-22-15(19-13)20-8-2-6-18-20/h1-4,6,8-10H,5,7H2,(H,17,21). The lowest BCUT2D eigenvalue weighted by atomic mass is 10.2. The van der Waals surface area contributed by atoms with Gasteiger partial charge >= 0.3 is 0 Å². The van der Waals surface area contributed by atoms with Crippen molar-refractivity contribution >= 4 is 17.2 Å². The van der Waals surface area contributed by atoms with Crippen LogP contribution in [-0.4, -0.2) is 27.2 Å². The molecular formula is C15H13FN4OS. The summed E-state index contributed by atoms with van der Waals surface area (Å²) in [5.74, 6) is -0.710. The molecule has 1 amide bonds. The second-order valence-corrected chi connectivity index (χ2v) is 5.42. The molecule has 0 saturated carbocycles. The Balaban J connectivity index is 1.54. The summed E-state index contributed by atoms with van der Waals surface area (Å²) in [5, 5.41) is 9.60. The van der Waals surface area contributed by atoms with Gasteiger partial charge in [0.05, 0.1) is 5.69 Å². The molecule has 0 aliphatic heterocycles. The number of hydrogen-bond donors (Lipinski definition) is 1. The van der Waals surface area contributed by atoms with E-state index in [0.29, 0.717) is 18.5 Å². The van der Waals surface area contributed by atoms with Gasteiger partial charge < -0.3 is 5.32 Å². The highest BCUT2D eigenvalue weighted by molar-refractivity contribution is 7.12. The summed E-state index contributed by atoms with van der Waals surface area (Å²) < 4.78 is 14.7. The van der Waals surface area contributed by atoms with E-state index in [1.807, 2.05) is 17.6 Å². The Hall–Kier alpha value is -2.54. The molecular weight excluding hydrogens is 303 g/mol. The number of amides is 1. The SMILES string of the molecule is O=C(NCCc1csc(-n2cccn2)n1)c1cccc(F)c1. The zero-order valence-corrected chi connectivity index (χ0v) is 12.4. The third-order valence-corrected chi connectivity index (χ3v) is 3.87.